The molecule has 100 valence electrons. The minimum Gasteiger partial charge on any atom is -0.292 e. The highest BCUT2D eigenvalue weighted by atomic mass is 15.2. The minimum absolute atomic E-state index is 0.814. The van der Waals surface area contributed by atoms with Crippen LogP contribution < -0.4 is 0 Å². The molecular weight excluding hydrogens is 234 g/mol. The topological polar surface area (TPSA) is 31.9 Å². The first-order valence-electron chi connectivity index (χ1n) is 7.59. The van der Waals surface area contributed by atoms with Crippen LogP contribution in [0, 0.1) is 0 Å². The average Bonchev–Trinajstić information content (AvgIpc) is 2.82. The molecule has 2 aromatic rings. The van der Waals surface area contributed by atoms with E-state index in [-0.39, 0.29) is 0 Å². The van der Waals surface area contributed by atoms with Gasteiger partial charge in [-0.25, -0.2) is 0 Å². The summed E-state index contributed by atoms with van der Waals surface area (Å²) in [6.07, 6.45) is 8.42. The predicted molar refractivity (Wildman–Crippen MR) is 76.9 cm³/mol. The van der Waals surface area contributed by atoms with Crippen molar-refractivity contribution < 1.29 is 0 Å². The van der Waals surface area contributed by atoms with Crippen molar-refractivity contribution in [2.24, 2.45) is 0 Å². The van der Waals surface area contributed by atoms with Crippen LogP contribution in [0.2, 0.25) is 0 Å². The summed E-state index contributed by atoms with van der Waals surface area (Å²) < 4.78 is 0. The van der Waals surface area contributed by atoms with E-state index in [0.29, 0.717) is 0 Å². The van der Waals surface area contributed by atoms with Crippen LogP contribution in [0.1, 0.15) is 44.2 Å². The van der Waals surface area contributed by atoms with Crippen molar-refractivity contribution in [1.82, 2.24) is 15.1 Å². The maximum atomic E-state index is 4.43. The zero-order valence-corrected chi connectivity index (χ0v) is 11.3. The first-order chi connectivity index (χ1) is 9.42. The lowest BCUT2D eigenvalue weighted by atomic mass is 9.84. The number of piperidine rings is 2. The number of nitrogens with zero attached hydrogens (tertiary/aromatic N) is 2. The number of hydrogen-bond acceptors (Lipinski definition) is 2. The van der Waals surface area contributed by atoms with Crippen LogP contribution in [-0.2, 0) is 6.54 Å². The number of aromatic nitrogens is 2. The molecule has 4 rings (SSSR count). The normalized spacial score (nSPS) is 27.8. The molecule has 2 aliphatic heterocycles. The van der Waals surface area contributed by atoms with Crippen LogP contribution in [0.3, 0.4) is 0 Å². The molecule has 1 aromatic heterocycles. The molecule has 0 unspecified atom stereocenters. The highest BCUT2D eigenvalue weighted by Gasteiger charge is 2.33. The van der Waals surface area contributed by atoms with Crippen molar-refractivity contribution in [3.05, 3.63) is 30.0 Å². The minimum atomic E-state index is 0.814. The number of rotatable bonds is 2. The molecule has 19 heavy (non-hydrogen) atoms. The van der Waals surface area contributed by atoms with Gasteiger partial charge in [-0.1, -0.05) is 31.0 Å². The molecular formula is C16H21N3. The van der Waals surface area contributed by atoms with Gasteiger partial charge in [0.25, 0.3) is 0 Å². The molecule has 0 spiro atoms. The number of benzene rings is 1. The van der Waals surface area contributed by atoms with E-state index in [9.17, 15) is 0 Å². The standard InChI is InChI=1S/C16H21N3/c1-2-10-15-14(9-1)16(18-17-15)11-19-12-5-3-6-13(19)8-4-7-12/h1-2,9-10,12-13H,3-8,11H2,(H,17,18). The Kier molecular flexibility index (Phi) is 2.80. The fourth-order valence-corrected chi connectivity index (χ4v) is 4.00. The summed E-state index contributed by atoms with van der Waals surface area (Å²) in [4.78, 5) is 2.74. The Balaban J connectivity index is 1.63. The van der Waals surface area contributed by atoms with Gasteiger partial charge < -0.3 is 0 Å². The molecule has 0 aliphatic carbocycles. The van der Waals surface area contributed by atoms with Gasteiger partial charge in [0.1, 0.15) is 0 Å². The SMILES string of the molecule is c1ccc2c(CN3C4CCCC3CCC4)[nH]nc2c1. The van der Waals surface area contributed by atoms with Crippen molar-refractivity contribution in [1.29, 1.82) is 0 Å². The number of hydrogen-bond donors (Lipinski definition) is 1. The Morgan fingerprint density at radius 3 is 2.47 bits per heavy atom. The molecule has 3 heterocycles. The van der Waals surface area contributed by atoms with Crippen molar-refractivity contribution in [2.45, 2.75) is 57.2 Å². The molecule has 2 aliphatic rings. The Morgan fingerprint density at radius 2 is 1.74 bits per heavy atom. The van der Waals surface area contributed by atoms with Crippen molar-refractivity contribution in [3.8, 4) is 0 Å². The van der Waals surface area contributed by atoms with E-state index in [0.717, 1.165) is 24.1 Å². The molecule has 3 nitrogen and oxygen atoms in total. The van der Waals surface area contributed by atoms with Gasteiger partial charge in [-0.05, 0) is 31.7 Å². The molecule has 3 heteroatoms. The molecule has 0 amide bonds. The number of nitrogens with one attached hydrogen (secondary N) is 1. The number of para-hydroxylation sites is 1. The van der Waals surface area contributed by atoms with Gasteiger partial charge >= 0.3 is 0 Å². The summed E-state index contributed by atoms with van der Waals surface area (Å²) in [6.45, 7) is 1.05. The summed E-state index contributed by atoms with van der Waals surface area (Å²) in [6, 6.07) is 10.1. The average molecular weight is 255 g/mol. The lowest BCUT2D eigenvalue weighted by Crippen LogP contribution is -2.49. The van der Waals surface area contributed by atoms with Crippen molar-refractivity contribution in [2.75, 3.05) is 0 Å². The Morgan fingerprint density at radius 1 is 1.05 bits per heavy atom. The fourth-order valence-electron chi connectivity index (χ4n) is 4.00. The van der Waals surface area contributed by atoms with Crippen LogP contribution >= 0.6 is 0 Å². The van der Waals surface area contributed by atoms with E-state index >= 15 is 0 Å². The van der Waals surface area contributed by atoms with Crippen LogP contribution in [0.4, 0.5) is 0 Å². The van der Waals surface area contributed by atoms with Gasteiger partial charge in [0, 0.05) is 24.0 Å². The second-order valence-corrected chi connectivity index (χ2v) is 6.06. The van der Waals surface area contributed by atoms with E-state index in [1.165, 1.54) is 49.6 Å². The smallest absolute Gasteiger partial charge is 0.0924 e. The van der Waals surface area contributed by atoms with Gasteiger partial charge in [-0.15, -0.1) is 0 Å². The number of fused-ring (bicyclic) bond motifs is 3. The highest BCUT2D eigenvalue weighted by Crippen LogP contribution is 2.35. The summed E-state index contributed by atoms with van der Waals surface area (Å²) in [7, 11) is 0. The predicted octanol–water partition coefficient (Wildman–Crippen LogP) is 3.47. The summed E-state index contributed by atoms with van der Waals surface area (Å²) in [5.74, 6) is 0. The first-order valence-corrected chi connectivity index (χ1v) is 7.59. The number of aromatic amines is 1. The third kappa shape index (κ3) is 1.96. The maximum Gasteiger partial charge on any atom is 0.0924 e. The van der Waals surface area contributed by atoms with E-state index in [1.54, 1.807) is 0 Å². The van der Waals surface area contributed by atoms with E-state index in [4.69, 9.17) is 0 Å². The van der Waals surface area contributed by atoms with E-state index < -0.39 is 0 Å². The van der Waals surface area contributed by atoms with Gasteiger partial charge in [0.2, 0.25) is 0 Å². The third-order valence-corrected chi connectivity index (χ3v) is 4.97. The van der Waals surface area contributed by atoms with Crippen molar-refractivity contribution >= 4 is 10.9 Å². The summed E-state index contributed by atoms with van der Waals surface area (Å²) >= 11 is 0. The van der Waals surface area contributed by atoms with Crippen LogP contribution in [0.15, 0.2) is 24.3 Å². The summed E-state index contributed by atoms with van der Waals surface area (Å²) in [5.41, 5.74) is 2.40. The van der Waals surface area contributed by atoms with E-state index in [2.05, 4.69) is 39.4 Å². The maximum absolute atomic E-state index is 4.43. The second kappa shape index (κ2) is 4.64. The fraction of sp³-hybridized carbons (Fsp3) is 0.562. The monoisotopic (exact) mass is 255 g/mol. The molecule has 1 aromatic carbocycles. The zero-order valence-electron chi connectivity index (χ0n) is 11.3. The number of H-pyrrole nitrogens is 1. The first kappa shape index (κ1) is 11.5. The molecule has 0 saturated carbocycles. The van der Waals surface area contributed by atoms with Crippen LogP contribution in [0.5, 0.6) is 0 Å². The van der Waals surface area contributed by atoms with Crippen LogP contribution in [0.25, 0.3) is 10.9 Å². The summed E-state index contributed by atoms with van der Waals surface area (Å²) in [5, 5.41) is 8.98. The lowest BCUT2D eigenvalue weighted by molar-refractivity contribution is 0.0325. The Hall–Kier alpha value is -1.35. The lowest BCUT2D eigenvalue weighted by Gasteiger charge is -2.46. The quantitative estimate of drug-likeness (QED) is 0.891. The zero-order chi connectivity index (χ0) is 12.7. The largest absolute Gasteiger partial charge is 0.292 e. The van der Waals surface area contributed by atoms with Crippen molar-refractivity contribution in [3.63, 3.8) is 0 Å². The molecule has 0 radical (unpaired) electrons. The second-order valence-electron chi connectivity index (χ2n) is 6.06. The Labute approximate surface area is 114 Å². The van der Waals surface area contributed by atoms with Crippen LogP contribution in [-0.4, -0.2) is 27.2 Å². The molecule has 2 bridgehead atoms. The Bertz CT molecular complexity index is 552. The molecule has 0 atom stereocenters. The van der Waals surface area contributed by atoms with Gasteiger partial charge in [-0.3, -0.25) is 10.00 Å². The highest BCUT2D eigenvalue weighted by molar-refractivity contribution is 5.81. The molecule has 2 fully saturated rings. The van der Waals surface area contributed by atoms with Gasteiger partial charge in [0.15, 0.2) is 0 Å². The molecule has 2 saturated heterocycles. The van der Waals surface area contributed by atoms with Gasteiger partial charge in [-0.2, -0.15) is 5.10 Å². The third-order valence-electron chi connectivity index (χ3n) is 4.97. The van der Waals surface area contributed by atoms with Gasteiger partial charge in [0.05, 0.1) is 11.2 Å². The van der Waals surface area contributed by atoms with E-state index in [1.807, 2.05) is 0 Å². The molecule has 1 N–H and O–H groups in total.